The number of hydrogen-bond acceptors (Lipinski definition) is 5. The van der Waals surface area contributed by atoms with Crippen molar-refractivity contribution in [2.24, 2.45) is 0 Å². The zero-order chi connectivity index (χ0) is 13.9. The first-order valence-electron chi connectivity index (χ1n) is 6.48. The van der Waals surface area contributed by atoms with E-state index in [0.717, 1.165) is 28.8 Å². The zero-order valence-electron chi connectivity index (χ0n) is 11.0. The van der Waals surface area contributed by atoms with Gasteiger partial charge in [-0.1, -0.05) is 24.9 Å². The molecule has 0 saturated heterocycles. The highest BCUT2D eigenvalue weighted by Crippen LogP contribution is 2.30. The number of furan rings is 1. The molecule has 4 nitrogen and oxygen atoms in total. The summed E-state index contributed by atoms with van der Waals surface area (Å²) in [5.74, 6) is 1.37. The Bertz CT molecular complexity index is 709. The molecule has 104 valence electrons. The van der Waals surface area contributed by atoms with E-state index in [2.05, 4.69) is 28.3 Å². The van der Waals surface area contributed by atoms with Crippen molar-refractivity contribution in [2.75, 3.05) is 5.32 Å². The van der Waals surface area contributed by atoms with E-state index in [1.807, 2.05) is 12.1 Å². The average Bonchev–Trinajstić information content (AvgIpc) is 3.05. The Labute approximate surface area is 125 Å². The van der Waals surface area contributed by atoms with Crippen molar-refractivity contribution in [1.82, 2.24) is 9.97 Å². The predicted molar refractivity (Wildman–Crippen MR) is 82.5 cm³/mol. The molecule has 0 aliphatic carbocycles. The van der Waals surface area contributed by atoms with Gasteiger partial charge in [0.2, 0.25) is 5.95 Å². The molecule has 0 unspecified atom stereocenters. The van der Waals surface area contributed by atoms with E-state index in [1.54, 1.807) is 17.6 Å². The summed E-state index contributed by atoms with van der Waals surface area (Å²) in [7, 11) is 0. The number of rotatable bonds is 5. The fourth-order valence-corrected chi connectivity index (χ4v) is 3.37. The molecule has 6 heteroatoms. The summed E-state index contributed by atoms with van der Waals surface area (Å²) < 4.78 is 5.26. The Kier molecular flexibility index (Phi) is 3.89. The van der Waals surface area contributed by atoms with Crippen LogP contribution in [0.5, 0.6) is 0 Å². The second kappa shape index (κ2) is 5.81. The van der Waals surface area contributed by atoms with Gasteiger partial charge in [-0.15, -0.1) is 11.3 Å². The van der Waals surface area contributed by atoms with Gasteiger partial charge in [0.15, 0.2) is 0 Å². The number of thiophene rings is 1. The topological polar surface area (TPSA) is 51.0 Å². The lowest BCUT2D eigenvalue weighted by Gasteiger charge is -2.03. The summed E-state index contributed by atoms with van der Waals surface area (Å²) in [6.07, 6.45) is 3.80. The standard InChI is InChI=1S/C14H14ClN3OS/c1-2-4-10-7-11-12(15)17-14(18-13(11)20-10)16-8-9-5-3-6-19-9/h3,5-7H,2,4,8H2,1H3,(H,16,17,18). The molecule has 0 fully saturated rings. The highest BCUT2D eigenvalue weighted by Gasteiger charge is 2.10. The van der Waals surface area contributed by atoms with Crippen LogP contribution >= 0.6 is 22.9 Å². The number of fused-ring (bicyclic) bond motifs is 1. The lowest BCUT2D eigenvalue weighted by molar-refractivity contribution is 0.517. The number of nitrogens with zero attached hydrogens (tertiary/aromatic N) is 2. The molecule has 0 aliphatic heterocycles. The van der Waals surface area contributed by atoms with E-state index in [-0.39, 0.29) is 0 Å². The lowest BCUT2D eigenvalue weighted by Crippen LogP contribution is -2.02. The fraction of sp³-hybridized carbons (Fsp3) is 0.286. The van der Waals surface area contributed by atoms with Crippen LogP contribution in [-0.2, 0) is 13.0 Å². The molecule has 0 aliphatic rings. The number of hydrogen-bond donors (Lipinski definition) is 1. The van der Waals surface area contributed by atoms with Gasteiger partial charge < -0.3 is 9.73 Å². The number of aromatic nitrogens is 2. The molecule has 0 saturated carbocycles. The molecule has 3 rings (SSSR count). The van der Waals surface area contributed by atoms with Crippen molar-refractivity contribution in [1.29, 1.82) is 0 Å². The molecule has 0 spiro atoms. The number of anilines is 1. The van der Waals surface area contributed by atoms with E-state index >= 15 is 0 Å². The van der Waals surface area contributed by atoms with Crippen LogP contribution in [0.4, 0.5) is 5.95 Å². The van der Waals surface area contributed by atoms with E-state index in [1.165, 1.54) is 4.88 Å². The second-order valence-electron chi connectivity index (χ2n) is 4.45. The van der Waals surface area contributed by atoms with Gasteiger partial charge in [0, 0.05) is 10.3 Å². The molecule has 3 aromatic rings. The van der Waals surface area contributed by atoms with Crippen molar-refractivity contribution >= 4 is 39.1 Å². The summed E-state index contributed by atoms with van der Waals surface area (Å²) in [4.78, 5) is 11.0. The molecule has 0 atom stereocenters. The first-order valence-corrected chi connectivity index (χ1v) is 7.68. The minimum Gasteiger partial charge on any atom is -0.467 e. The maximum absolute atomic E-state index is 6.23. The largest absolute Gasteiger partial charge is 0.467 e. The summed E-state index contributed by atoms with van der Waals surface area (Å²) >= 11 is 7.90. The molecule has 3 aromatic heterocycles. The Hall–Kier alpha value is -1.59. The van der Waals surface area contributed by atoms with Crippen LogP contribution in [0.3, 0.4) is 0 Å². The van der Waals surface area contributed by atoms with Gasteiger partial charge in [-0.05, 0) is 24.6 Å². The fourth-order valence-electron chi connectivity index (χ4n) is 1.96. The number of aryl methyl sites for hydroxylation is 1. The van der Waals surface area contributed by atoms with E-state index in [4.69, 9.17) is 16.0 Å². The van der Waals surface area contributed by atoms with Crippen molar-refractivity contribution in [3.05, 3.63) is 40.3 Å². The maximum Gasteiger partial charge on any atom is 0.225 e. The Morgan fingerprint density at radius 3 is 3.05 bits per heavy atom. The van der Waals surface area contributed by atoms with Gasteiger partial charge in [0.1, 0.15) is 15.7 Å². The third kappa shape index (κ3) is 2.78. The Morgan fingerprint density at radius 1 is 1.40 bits per heavy atom. The smallest absolute Gasteiger partial charge is 0.225 e. The third-order valence-electron chi connectivity index (χ3n) is 2.89. The van der Waals surface area contributed by atoms with Gasteiger partial charge in [0.25, 0.3) is 0 Å². The maximum atomic E-state index is 6.23. The van der Waals surface area contributed by atoms with Gasteiger partial charge >= 0.3 is 0 Å². The molecule has 20 heavy (non-hydrogen) atoms. The van der Waals surface area contributed by atoms with E-state index in [9.17, 15) is 0 Å². The molecule has 1 N–H and O–H groups in total. The number of nitrogens with one attached hydrogen (secondary N) is 1. The zero-order valence-corrected chi connectivity index (χ0v) is 12.6. The first kappa shape index (κ1) is 13.4. The average molecular weight is 308 g/mol. The van der Waals surface area contributed by atoms with Crippen molar-refractivity contribution in [3.63, 3.8) is 0 Å². The van der Waals surface area contributed by atoms with Crippen LogP contribution in [0.2, 0.25) is 5.15 Å². The van der Waals surface area contributed by atoms with Crippen molar-refractivity contribution in [3.8, 4) is 0 Å². The van der Waals surface area contributed by atoms with Crippen LogP contribution in [0.1, 0.15) is 24.0 Å². The number of halogens is 1. The van der Waals surface area contributed by atoms with Crippen LogP contribution < -0.4 is 5.32 Å². The van der Waals surface area contributed by atoms with E-state index in [0.29, 0.717) is 17.6 Å². The SMILES string of the molecule is CCCc1cc2c(Cl)nc(NCc3ccco3)nc2s1. The summed E-state index contributed by atoms with van der Waals surface area (Å²) in [5.41, 5.74) is 0. The highest BCUT2D eigenvalue weighted by atomic mass is 35.5. The molecule has 0 radical (unpaired) electrons. The minimum atomic E-state index is 0.496. The monoisotopic (exact) mass is 307 g/mol. The summed E-state index contributed by atoms with van der Waals surface area (Å²) in [6, 6.07) is 5.84. The van der Waals surface area contributed by atoms with Gasteiger partial charge in [0.05, 0.1) is 12.8 Å². The van der Waals surface area contributed by atoms with Gasteiger partial charge in [-0.25, -0.2) is 9.97 Å². The third-order valence-corrected chi connectivity index (χ3v) is 4.27. The Balaban J connectivity index is 1.84. The van der Waals surface area contributed by atoms with Gasteiger partial charge in [-0.2, -0.15) is 0 Å². The van der Waals surface area contributed by atoms with E-state index < -0.39 is 0 Å². The quantitative estimate of drug-likeness (QED) is 0.705. The molecule has 0 aromatic carbocycles. The van der Waals surface area contributed by atoms with Crippen LogP contribution in [-0.4, -0.2) is 9.97 Å². The lowest BCUT2D eigenvalue weighted by atomic mass is 10.3. The van der Waals surface area contributed by atoms with Crippen molar-refractivity contribution in [2.45, 2.75) is 26.3 Å². The summed E-state index contributed by atoms with van der Waals surface area (Å²) in [5, 5.41) is 4.56. The van der Waals surface area contributed by atoms with Crippen LogP contribution in [0.25, 0.3) is 10.2 Å². The van der Waals surface area contributed by atoms with Gasteiger partial charge in [-0.3, -0.25) is 0 Å². The summed E-state index contributed by atoms with van der Waals surface area (Å²) in [6.45, 7) is 2.70. The minimum absolute atomic E-state index is 0.496. The molecule has 0 amide bonds. The molecular weight excluding hydrogens is 294 g/mol. The molecular formula is C14H14ClN3OS. The van der Waals surface area contributed by atoms with Crippen LogP contribution in [0, 0.1) is 0 Å². The molecule has 0 bridgehead atoms. The highest BCUT2D eigenvalue weighted by molar-refractivity contribution is 7.18. The first-order chi connectivity index (χ1) is 9.76. The molecule has 3 heterocycles. The second-order valence-corrected chi connectivity index (χ2v) is 5.93. The Morgan fingerprint density at radius 2 is 2.30 bits per heavy atom. The normalized spacial score (nSPS) is 11.1. The van der Waals surface area contributed by atoms with Crippen molar-refractivity contribution < 1.29 is 4.42 Å². The predicted octanol–water partition coefficient (Wildman–Crippen LogP) is 4.50. The van der Waals surface area contributed by atoms with Crippen LogP contribution in [0.15, 0.2) is 28.9 Å².